The highest BCUT2D eigenvalue weighted by molar-refractivity contribution is 6.35. The predicted octanol–water partition coefficient (Wildman–Crippen LogP) is 5.03. The van der Waals surface area contributed by atoms with E-state index in [-0.39, 0.29) is 19.1 Å². The highest BCUT2D eigenvalue weighted by atomic mass is 35.5. The first-order valence-electron chi connectivity index (χ1n) is 8.92. The molecule has 2 aromatic carbocycles. The molecule has 8 heteroatoms. The van der Waals surface area contributed by atoms with E-state index in [2.05, 4.69) is 10.4 Å². The lowest BCUT2D eigenvalue weighted by Gasteiger charge is -2.10. The van der Waals surface area contributed by atoms with Crippen molar-refractivity contribution in [3.8, 4) is 11.5 Å². The molecule has 1 heterocycles. The van der Waals surface area contributed by atoms with Crippen molar-refractivity contribution in [2.24, 2.45) is 0 Å². The monoisotopic (exact) mass is 433 g/mol. The molecule has 0 aliphatic heterocycles. The van der Waals surface area contributed by atoms with Gasteiger partial charge >= 0.3 is 0 Å². The van der Waals surface area contributed by atoms with Gasteiger partial charge in [-0.1, -0.05) is 35.3 Å². The minimum atomic E-state index is -0.123. The molecule has 3 rings (SSSR count). The number of hydrogen-bond donors (Lipinski definition) is 1. The SMILES string of the molecule is COc1ccc(CC(=O)Nc2c(C)nn(COc3ccc(Cl)cc3Cl)c2C)cc1. The van der Waals surface area contributed by atoms with Gasteiger partial charge in [-0.25, -0.2) is 4.68 Å². The number of halogens is 2. The summed E-state index contributed by atoms with van der Waals surface area (Å²) in [5.74, 6) is 1.14. The Morgan fingerprint density at radius 3 is 2.52 bits per heavy atom. The Morgan fingerprint density at radius 1 is 1.14 bits per heavy atom. The summed E-state index contributed by atoms with van der Waals surface area (Å²) >= 11 is 12.0. The highest BCUT2D eigenvalue weighted by Crippen LogP contribution is 2.28. The second-order valence-corrected chi connectivity index (χ2v) is 7.31. The second kappa shape index (κ2) is 9.20. The number of methoxy groups -OCH3 is 1. The third-order valence-corrected chi connectivity index (χ3v) is 4.94. The predicted molar refractivity (Wildman–Crippen MR) is 114 cm³/mol. The topological polar surface area (TPSA) is 65.4 Å². The van der Waals surface area contributed by atoms with Gasteiger partial charge in [-0.3, -0.25) is 4.79 Å². The molecule has 0 atom stereocenters. The Kier molecular flexibility index (Phi) is 6.67. The first-order chi connectivity index (χ1) is 13.9. The molecule has 3 aromatic rings. The standard InChI is InChI=1S/C21H21Cl2N3O3/c1-13-21(24-20(27)10-15-4-7-17(28-3)8-5-15)14(2)26(25-13)12-29-19-9-6-16(22)11-18(19)23/h4-9,11H,10,12H2,1-3H3,(H,24,27). The van der Waals surface area contributed by atoms with E-state index < -0.39 is 0 Å². The van der Waals surface area contributed by atoms with E-state index in [0.717, 1.165) is 17.0 Å². The molecule has 0 saturated carbocycles. The van der Waals surface area contributed by atoms with Gasteiger partial charge in [0.15, 0.2) is 6.73 Å². The number of hydrogen-bond acceptors (Lipinski definition) is 4. The first kappa shape index (κ1) is 21.0. The van der Waals surface area contributed by atoms with Crippen LogP contribution in [0.25, 0.3) is 0 Å². The van der Waals surface area contributed by atoms with E-state index in [1.54, 1.807) is 30.0 Å². The number of ether oxygens (including phenoxy) is 2. The van der Waals surface area contributed by atoms with Crippen LogP contribution in [-0.4, -0.2) is 22.8 Å². The smallest absolute Gasteiger partial charge is 0.228 e. The zero-order valence-electron chi connectivity index (χ0n) is 16.3. The van der Waals surface area contributed by atoms with Crippen LogP contribution in [0.2, 0.25) is 10.0 Å². The molecule has 0 aliphatic rings. The number of aromatic nitrogens is 2. The van der Waals surface area contributed by atoms with E-state index in [0.29, 0.717) is 27.2 Å². The maximum Gasteiger partial charge on any atom is 0.228 e. The Hall–Kier alpha value is -2.70. The highest BCUT2D eigenvalue weighted by Gasteiger charge is 2.15. The number of amides is 1. The normalized spacial score (nSPS) is 10.7. The van der Waals surface area contributed by atoms with Gasteiger partial charge in [0.1, 0.15) is 11.5 Å². The molecule has 1 amide bonds. The van der Waals surface area contributed by atoms with Crippen LogP contribution in [0, 0.1) is 13.8 Å². The van der Waals surface area contributed by atoms with Crippen molar-refractivity contribution in [3.05, 3.63) is 69.5 Å². The van der Waals surface area contributed by atoms with Crippen LogP contribution in [0.5, 0.6) is 11.5 Å². The molecule has 0 bridgehead atoms. The van der Waals surface area contributed by atoms with Gasteiger partial charge < -0.3 is 14.8 Å². The van der Waals surface area contributed by atoms with Crippen LogP contribution >= 0.6 is 23.2 Å². The van der Waals surface area contributed by atoms with E-state index in [9.17, 15) is 4.79 Å². The Bertz CT molecular complexity index is 1020. The third-order valence-electron chi connectivity index (χ3n) is 4.41. The average Bonchev–Trinajstić information content (AvgIpc) is 2.95. The molecule has 1 N–H and O–H groups in total. The number of benzene rings is 2. The molecule has 0 fully saturated rings. The van der Waals surface area contributed by atoms with Crippen molar-refractivity contribution in [3.63, 3.8) is 0 Å². The van der Waals surface area contributed by atoms with Crippen LogP contribution in [-0.2, 0) is 17.9 Å². The Balaban J connectivity index is 1.65. The number of aryl methyl sites for hydroxylation is 1. The van der Waals surface area contributed by atoms with Gasteiger partial charge in [0.2, 0.25) is 5.91 Å². The van der Waals surface area contributed by atoms with Gasteiger partial charge in [-0.15, -0.1) is 0 Å². The van der Waals surface area contributed by atoms with Crippen molar-refractivity contribution < 1.29 is 14.3 Å². The van der Waals surface area contributed by atoms with Gasteiger partial charge in [0, 0.05) is 5.02 Å². The fraction of sp³-hybridized carbons (Fsp3) is 0.238. The zero-order valence-corrected chi connectivity index (χ0v) is 17.8. The van der Waals surface area contributed by atoms with Gasteiger partial charge in [-0.2, -0.15) is 5.10 Å². The van der Waals surface area contributed by atoms with E-state index in [1.165, 1.54) is 0 Å². The summed E-state index contributed by atoms with van der Waals surface area (Å²) in [6, 6.07) is 12.4. The van der Waals surface area contributed by atoms with Crippen LogP contribution in [0.15, 0.2) is 42.5 Å². The molecule has 152 valence electrons. The van der Waals surface area contributed by atoms with Crippen LogP contribution in [0.4, 0.5) is 5.69 Å². The molecular formula is C21H21Cl2N3O3. The third kappa shape index (κ3) is 5.22. The fourth-order valence-electron chi connectivity index (χ4n) is 2.84. The molecule has 0 unspecified atom stereocenters. The van der Waals surface area contributed by atoms with Crippen LogP contribution in [0.1, 0.15) is 17.0 Å². The Morgan fingerprint density at radius 2 is 1.86 bits per heavy atom. The molecule has 6 nitrogen and oxygen atoms in total. The average molecular weight is 434 g/mol. The van der Waals surface area contributed by atoms with Crippen molar-refractivity contribution in [2.45, 2.75) is 27.0 Å². The molecule has 0 saturated heterocycles. The van der Waals surface area contributed by atoms with Gasteiger partial charge in [-0.05, 0) is 49.7 Å². The maximum atomic E-state index is 12.5. The fourth-order valence-corrected chi connectivity index (χ4v) is 3.30. The van der Waals surface area contributed by atoms with Gasteiger partial charge in [0.05, 0.1) is 35.6 Å². The second-order valence-electron chi connectivity index (χ2n) is 6.47. The molecule has 0 spiro atoms. The summed E-state index contributed by atoms with van der Waals surface area (Å²) in [4.78, 5) is 12.5. The number of carbonyl (C=O) groups excluding carboxylic acids is 1. The van der Waals surface area contributed by atoms with Crippen molar-refractivity contribution >= 4 is 34.8 Å². The maximum absolute atomic E-state index is 12.5. The molecule has 29 heavy (non-hydrogen) atoms. The minimum absolute atomic E-state index is 0.123. The van der Waals surface area contributed by atoms with Gasteiger partial charge in [0.25, 0.3) is 0 Å². The van der Waals surface area contributed by atoms with E-state index >= 15 is 0 Å². The summed E-state index contributed by atoms with van der Waals surface area (Å²) in [6.07, 6.45) is 0.255. The van der Waals surface area contributed by atoms with Crippen molar-refractivity contribution in [1.29, 1.82) is 0 Å². The number of carbonyl (C=O) groups is 1. The van der Waals surface area contributed by atoms with Crippen LogP contribution < -0.4 is 14.8 Å². The van der Waals surface area contributed by atoms with Crippen molar-refractivity contribution in [2.75, 3.05) is 12.4 Å². The largest absolute Gasteiger partial charge is 0.497 e. The van der Waals surface area contributed by atoms with E-state index in [1.807, 2.05) is 38.1 Å². The number of nitrogens with zero attached hydrogens (tertiary/aromatic N) is 2. The quantitative estimate of drug-likeness (QED) is 0.566. The lowest BCUT2D eigenvalue weighted by atomic mass is 10.1. The lowest BCUT2D eigenvalue weighted by molar-refractivity contribution is -0.115. The summed E-state index contributed by atoms with van der Waals surface area (Å²) in [5, 5.41) is 8.35. The number of rotatable bonds is 7. The summed E-state index contributed by atoms with van der Waals surface area (Å²) in [7, 11) is 1.61. The molecule has 0 aliphatic carbocycles. The molecular weight excluding hydrogens is 413 g/mol. The number of nitrogens with one attached hydrogen (secondary N) is 1. The summed E-state index contributed by atoms with van der Waals surface area (Å²) < 4.78 is 12.5. The summed E-state index contributed by atoms with van der Waals surface area (Å²) in [5.41, 5.74) is 3.06. The lowest BCUT2D eigenvalue weighted by Crippen LogP contribution is -2.16. The summed E-state index contributed by atoms with van der Waals surface area (Å²) in [6.45, 7) is 3.86. The minimum Gasteiger partial charge on any atom is -0.497 e. The van der Waals surface area contributed by atoms with Crippen molar-refractivity contribution in [1.82, 2.24) is 9.78 Å². The zero-order chi connectivity index (χ0) is 21.0. The van der Waals surface area contributed by atoms with Crippen LogP contribution in [0.3, 0.4) is 0 Å². The van der Waals surface area contributed by atoms with E-state index in [4.69, 9.17) is 32.7 Å². The number of anilines is 1. The molecule has 1 aromatic heterocycles. The first-order valence-corrected chi connectivity index (χ1v) is 9.67. The Labute approximate surface area is 179 Å². The molecule has 0 radical (unpaired) electrons.